The van der Waals surface area contributed by atoms with Gasteiger partial charge in [-0.2, -0.15) is 41.4 Å². The standard InChI is InChI=1S/2C26H31Cl2N7O.2C25H29Cl2N7/c2*1-16(20-7-6-19(27)9-21(20)28)35-25-24(22(10-29)32-35)30-11-23(31-25)34-13-18(14-34)17-5-4-8-33(12-17)15-26(2,3)36;2*1-3-8-32-9-4-5-17(13-32)18-14-33(15-18)23-12-29-24-22(11-28)31-34(25(24)30-23)16(2)20-7-6-19(26)10-21(20)27/h2*6-7,9,11,16-18,36H,4-5,8,12-15H2,1-3H3;2*6-7,10,12,16-18H,3-5,8-9,13-15H2,1-2H3/t16-,17+;16-,17-;16-,17+;16-,17-/m1111/s1. The summed E-state index contributed by atoms with van der Waals surface area (Å²) in [5.74, 6) is 8.62. The lowest BCUT2D eigenvalue weighted by Crippen LogP contribution is -2.54. The predicted octanol–water partition coefficient (Wildman–Crippen LogP) is 19.4. The van der Waals surface area contributed by atoms with Crippen LogP contribution in [0.5, 0.6) is 0 Å². The van der Waals surface area contributed by atoms with Crippen molar-refractivity contribution >= 4 is 161 Å². The number of halogens is 8. The van der Waals surface area contributed by atoms with Gasteiger partial charge in [0, 0.05) is 132 Å². The minimum atomic E-state index is -0.669. The third kappa shape index (κ3) is 22.8. The third-order valence-corrected chi connectivity index (χ3v) is 31.4. The average Bonchev–Trinajstić information content (AvgIpc) is 1.58. The van der Waals surface area contributed by atoms with Crippen molar-refractivity contribution in [2.75, 3.05) is 150 Å². The number of hydrogen-bond acceptors (Lipinski definition) is 26. The van der Waals surface area contributed by atoms with Crippen LogP contribution in [0, 0.1) is 92.7 Å². The zero-order valence-electron chi connectivity index (χ0n) is 80.8. The topological polar surface area (TPSA) is 336 Å². The molecule has 30 nitrogen and oxygen atoms in total. The van der Waals surface area contributed by atoms with Gasteiger partial charge in [-0.3, -0.25) is 0 Å². The van der Waals surface area contributed by atoms with Gasteiger partial charge in [-0.05, 0) is 277 Å². The molecule has 4 aromatic carbocycles. The van der Waals surface area contributed by atoms with Gasteiger partial charge in [-0.15, -0.1) is 0 Å². The molecule has 736 valence electrons. The molecule has 0 aliphatic carbocycles. The maximum Gasteiger partial charge on any atom is 0.190 e. The molecule has 0 spiro atoms. The van der Waals surface area contributed by atoms with E-state index in [9.17, 15) is 31.3 Å². The first-order valence-electron chi connectivity index (χ1n) is 49.0. The highest BCUT2D eigenvalue weighted by atomic mass is 35.5. The summed E-state index contributed by atoms with van der Waals surface area (Å²) < 4.78 is 6.96. The number of β-amino-alcohol motifs (C(OH)–C–C–N with tert-alkyl or cyclic N) is 2. The molecule has 8 fully saturated rings. The average molecular weight is 2050 g/mol. The van der Waals surface area contributed by atoms with Gasteiger partial charge in [0.15, 0.2) is 45.4 Å². The Labute approximate surface area is 858 Å². The quantitative estimate of drug-likeness (QED) is 0.0567. The van der Waals surface area contributed by atoms with Crippen molar-refractivity contribution < 1.29 is 10.2 Å². The van der Waals surface area contributed by atoms with E-state index in [2.05, 4.69) is 118 Å². The van der Waals surface area contributed by atoms with Crippen LogP contribution in [0.2, 0.25) is 40.2 Å². The first-order valence-corrected chi connectivity index (χ1v) is 52.0. The largest absolute Gasteiger partial charge is 0.389 e. The molecule has 8 aliphatic heterocycles. The summed E-state index contributed by atoms with van der Waals surface area (Å²) in [6, 6.07) is 29.2. The number of aromatic nitrogens is 16. The second-order valence-electron chi connectivity index (χ2n) is 40.6. The zero-order valence-corrected chi connectivity index (χ0v) is 86.9. The number of nitriles is 4. The molecular weight excluding hydrogens is 1930 g/mol. The smallest absolute Gasteiger partial charge is 0.190 e. The molecule has 0 saturated carbocycles. The Balaban J connectivity index is 0.000000129. The lowest BCUT2D eigenvalue weighted by Gasteiger charge is -2.47. The Morgan fingerprint density at radius 2 is 0.557 bits per heavy atom. The maximum absolute atomic E-state index is 10.2. The summed E-state index contributed by atoms with van der Waals surface area (Å²) >= 11 is 50.2. The van der Waals surface area contributed by atoms with Crippen LogP contribution in [-0.2, 0) is 0 Å². The maximum atomic E-state index is 10.2. The fraction of sp³-hybridized carbons (Fsp3) is 0.529. The predicted molar refractivity (Wildman–Crippen MR) is 554 cm³/mol. The Hall–Kier alpha value is -9.68. The van der Waals surface area contributed by atoms with E-state index < -0.39 is 11.2 Å². The summed E-state index contributed by atoms with van der Waals surface area (Å²) in [6.07, 6.45) is 19.5. The summed E-state index contributed by atoms with van der Waals surface area (Å²) in [4.78, 5) is 57.1. The summed E-state index contributed by atoms with van der Waals surface area (Å²) in [5.41, 5.74) is 7.47. The molecule has 2 N–H and O–H groups in total. The molecule has 140 heavy (non-hydrogen) atoms. The fourth-order valence-corrected chi connectivity index (χ4v) is 24.1. The van der Waals surface area contributed by atoms with E-state index in [0.717, 1.165) is 136 Å². The van der Waals surface area contributed by atoms with Crippen LogP contribution in [0.15, 0.2) is 97.6 Å². The second-order valence-corrected chi connectivity index (χ2v) is 43.9. The number of aliphatic hydroxyl groups is 2. The highest BCUT2D eigenvalue weighted by Gasteiger charge is 2.43. The Morgan fingerprint density at radius 1 is 0.336 bits per heavy atom. The molecule has 8 aromatic heterocycles. The number of benzene rings is 4. The highest BCUT2D eigenvalue weighted by Crippen LogP contribution is 2.43. The minimum Gasteiger partial charge on any atom is -0.389 e. The number of piperidine rings is 4. The van der Waals surface area contributed by atoms with Crippen molar-refractivity contribution in [2.24, 2.45) is 47.3 Å². The van der Waals surface area contributed by atoms with E-state index in [4.69, 9.17) is 113 Å². The molecule has 20 rings (SSSR count). The Kier molecular flexibility index (Phi) is 31.9. The van der Waals surface area contributed by atoms with Gasteiger partial charge in [0.05, 0.1) is 60.2 Å². The monoisotopic (exact) mass is 2050 g/mol. The van der Waals surface area contributed by atoms with Crippen molar-refractivity contribution in [3.63, 3.8) is 0 Å². The number of nitrogens with zero attached hydrogens (tertiary/aromatic N) is 28. The minimum absolute atomic E-state index is 0.227. The summed E-state index contributed by atoms with van der Waals surface area (Å²) in [6.45, 7) is 40.6. The fourth-order valence-electron chi connectivity index (χ4n) is 21.8. The first kappa shape index (κ1) is 102. The van der Waals surface area contributed by atoms with Crippen LogP contribution >= 0.6 is 92.8 Å². The number of anilines is 4. The van der Waals surface area contributed by atoms with Crippen LogP contribution in [0.1, 0.15) is 203 Å². The lowest BCUT2D eigenvalue weighted by atomic mass is 9.80. The molecule has 12 aromatic rings. The summed E-state index contributed by atoms with van der Waals surface area (Å²) in [5, 5.41) is 81.5. The van der Waals surface area contributed by atoms with Gasteiger partial charge in [0.1, 0.15) is 69.6 Å². The van der Waals surface area contributed by atoms with Crippen LogP contribution < -0.4 is 19.6 Å². The normalized spacial score (nSPS) is 20.3. The number of fused-ring (bicyclic) bond motifs is 4. The van der Waals surface area contributed by atoms with Crippen LogP contribution in [0.3, 0.4) is 0 Å². The molecule has 16 heterocycles. The van der Waals surface area contributed by atoms with E-state index in [0.29, 0.717) is 133 Å². The number of rotatable bonds is 24. The molecular formula is C102H120Cl8N28O2. The summed E-state index contributed by atoms with van der Waals surface area (Å²) in [7, 11) is 0. The molecule has 0 bridgehead atoms. The molecule has 0 unspecified atom stereocenters. The first-order chi connectivity index (χ1) is 67.2. The molecule has 8 aliphatic rings. The molecule has 0 radical (unpaired) electrons. The zero-order chi connectivity index (χ0) is 98.9. The van der Waals surface area contributed by atoms with Crippen molar-refractivity contribution in [1.82, 2.24) is 98.6 Å². The van der Waals surface area contributed by atoms with Gasteiger partial charge in [0.25, 0.3) is 0 Å². The molecule has 8 atom stereocenters. The Bertz CT molecular complexity index is 6240. The Morgan fingerprint density at radius 3 is 0.764 bits per heavy atom. The highest BCUT2D eigenvalue weighted by molar-refractivity contribution is 6.37. The second kappa shape index (κ2) is 43.9. The van der Waals surface area contributed by atoms with E-state index in [-0.39, 0.29) is 46.9 Å². The van der Waals surface area contributed by atoms with Crippen molar-refractivity contribution in [3.05, 3.63) is 183 Å². The van der Waals surface area contributed by atoms with Crippen LogP contribution in [-0.4, -0.2) is 251 Å². The van der Waals surface area contributed by atoms with Gasteiger partial charge in [-0.25, -0.2) is 58.6 Å². The SMILES string of the molecule is CCCN1CCC[C@@H](C2CN(c3cnc4c(C#N)nn([C@H](C)c5ccc(Cl)cc5Cl)c4n3)C2)C1.CCCN1CCC[C@H](C2CN(c3cnc4c(C#N)nn([C@H](C)c5ccc(Cl)cc5Cl)c4n3)C2)C1.C[C@H](c1ccc(Cl)cc1Cl)n1nc(C#N)c2ncc(N3CC([C@@H]4CCCN(CC(C)(C)O)C4)C3)nc21.C[C@H](c1ccc(Cl)cc1Cl)n1nc(C#N)c2ncc(N3CC([C@H]4CCCN(CC(C)(C)O)C4)C3)nc21. The van der Waals surface area contributed by atoms with E-state index in [1.807, 2.05) is 79.7 Å². The molecule has 8 saturated heterocycles. The van der Waals surface area contributed by atoms with Crippen LogP contribution in [0.25, 0.3) is 44.7 Å². The molecule has 38 heteroatoms. The van der Waals surface area contributed by atoms with E-state index in [1.165, 1.54) is 103 Å². The third-order valence-electron chi connectivity index (χ3n) is 29.2. The van der Waals surface area contributed by atoms with Crippen LogP contribution in [0.4, 0.5) is 23.3 Å². The van der Waals surface area contributed by atoms with Crippen molar-refractivity contribution in [1.29, 1.82) is 21.0 Å². The van der Waals surface area contributed by atoms with Crippen molar-refractivity contribution in [3.8, 4) is 24.3 Å². The van der Waals surface area contributed by atoms with E-state index >= 15 is 0 Å². The van der Waals surface area contributed by atoms with Gasteiger partial charge in [-0.1, -0.05) is 131 Å². The van der Waals surface area contributed by atoms with Gasteiger partial charge >= 0.3 is 0 Å². The van der Waals surface area contributed by atoms with Gasteiger partial charge < -0.3 is 49.4 Å². The van der Waals surface area contributed by atoms with E-state index in [1.54, 1.807) is 92.0 Å². The molecule has 0 amide bonds. The number of likely N-dealkylation sites (tertiary alicyclic amines) is 4. The van der Waals surface area contributed by atoms with Crippen molar-refractivity contribution in [2.45, 2.75) is 169 Å². The van der Waals surface area contributed by atoms with Gasteiger partial charge in [0.2, 0.25) is 0 Å². The lowest BCUT2D eigenvalue weighted by molar-refractivity contribution is 0.0128. The number of hydrogen-bond donors (Lipinski definition) is 2.